The summed E-state index contributed by atoms with van der Waals surface area (Å²) in [5, 5.41) is 2.29. The van der Waals surface area contributed by atoms with Crippen molar-refractivity contribution in [3.8, 4) is 45.3 Å². The van der Waals surface area contributed by atoms with E-state index in [4.69, 9.17) is 15.0 Å². The first kappa shape index (κ1) is 21.6. The van der Waals surface area contributed by atoms with E-state index in [0.717, 1.165) is 22.1 Å². The first-order valence-electron chi connectivity index (χ1n) is 11.4. The highest BCUT2D eigenvalue weighted by Crippen LogP contribution is 2.35. The van der Waals surface area contributed by atoms with Crippen LogP contribution in [0.2, 0.25) is 0 Å². The molecule has 0 saturated heterocycles. The lowest BCUT2D eigenvalue weighted by atomic mass is 9.95. The molecular formula is C31H20IN3. The first-order valence-corrected chi connectivity index (χ1v) is 12.5. The molecule has 166 valence electrons. The van der Waals surface area contributed by atoms with Gasteiger partial charge in [-0.05, 0) is 62.7 Å². The summed E-state index contributed by atoms with van der Waals surface area (Å²) in [7, 11) is 0. The van der Waals surface area contributed by atoms with Crippen molar-refractivity contribution in [2.45, 2.75) is 0 Å². The van der Waals surface area contributed by atoms with Gasteiger partial charge in [-0.2, -0.15) is 0 Å². The van der Waals surface area contributed by atoms with E-state index in [9.17, 15) is 0 Å². The quantitative estimate of drug-likeness (QED) is 0.203. The molecule has 0 bridgehead atoms. The van der Waals surface area contributed by atoms with Crippen molar-refractivity contribution in [1.29, 1.82) is 0 Å². The first-order chi connectivity index (χ1) is 17.3. The van der Waals surface area contributed by atoms with E-state index >= 15 is 0 Å². The molecule has 0 fully saturated rings. The average Bonchev–Trinajstić information content (AvgIpc) is 2.94. The van der Waals surface area contributed by atoms with Crippen LogP contribution in [-0.4, -0.2) is 15.0 Å². The molecule has 0 aliphatic heterocycles. The zero-order valence-electron chi connectivity index (χ0n) is 18.8. The fraction of sp³-hybridized carbons (Fsp3) is 0. The molecule has 4 heteroatoms. The van der Waals surface area contributed by atoms with Crippen LogP contribution < -0.4 is 0 Å². The van der Waals surface area contributed by atoms with Gasteiger partial charge in [0.15, 0.2) is 17.5 Å². The lowest BCUT2D eigenvalue weighted by Crippen LogP contribution is -2.00. The van der Waals surface area contributed by atoms with Crippen molar-refractivity contribution < 1.29 is 0 Å². The Labute approximate surface area is 217 Å². The number of aromatic nitrogens is 3. The van der Waals surface area contributed by atoms with Gasteiger partial charge < -0.3 is 0 Å². The van der Waals surface area contributed by atoms with E-state index in [0.29, 0.717) is 17.5 Å². The number of hydrogen-bond donors (Lipinski definition) is 0. The number of halogens is 1. The number of hydrogen-bond acceptors (Lipinski definition) is 3. The van der Waals surface area contributed by atoms with E-state index in [2.05, 4.69) is 83.3 Å². The van der Waals surface area contributed by atoms with Crippen molar-refractivity contribution in [3.05, 3.63) is 125 Å². The van der Waals surface area contributed by atoms with Crippen LogP contribution in [0.15, 0.2) is 121 Å². The third-order valence-electron chi connectivity index (χ3n) is 6.02. The molecule has 0 radical (unpaired) electrons. The van der Waals surface area contributed by atoms with Crippen molar-refractivity contribution in [2.75, 3.05) is 0 Å². The van der Waals surface area contributed by atoms with Crippen LogP contribution in [0.4, 0.5) is 0 Å². The maximum atomic E-state index is 4.94. The van der Waals surface area contributed by atoms with Crippen LogP contribution in [0, 0.1) is 3.57 Å². The standard InChI is InChI=1S/C31H20IN3/c32-24-17-15-21(16-18-24)25-19-20-28(27-14-8-7-13-26(25)27)31-34-29(22-9-3-1-4-10-22)33-30(35-31)23-11-5-2-6-12-23/h1-20H. The molecule has 0 saturated carbocycles. The van der Waals surface area contributed by atoms with Crippen LogP contribution in [0.3, 0.4) is 0 Å². The molecule has 0 aliphatic carbocycles. The Morgan fingerprint density at radius 2 is 0.829 bits per heavy atom. The molecule has 0 atom stereocenters. The molecule has 0 aliphatic rings. The van der Waals surface area contributed by atoms with Crippen LogP contribution in [0.25, 0.3) is 56.1 Å². The van der Waals surface area contributed by atoms with Crippen molar-refractivity contribution in [1.82, 2.24) is 15.0 Å². The number of benzene rings is 5. The van der Waals surface area contributed by atoms with Crippen LogP contribution in [0.5, 0.6) is 0 Å². The molecule has 5 aromatic carbocycles. The van der Waals surface area contributed by atoms with Gasteiger partial charge in [0.1, 0.15) is 0 Å². The van der Waals surface area contributed by atoms with Gasteiger partial charge in [0.2, 0.25) is 0 Å². The Morgan fingerprint density at radius 1 is 0.371 bits per heavy atom. The molecule has 1 heterocycles. The SMILES string of the molecule is Ic1ccc(-c2ccc(-c3nc(-c4ccccc4)nc(-c4ccccc4)n3)c3ccccc23)cc1. The Balaban J connectivity index is 1.58. The van der Waals surface area contributed by atoms with Gasteiger partial charge >= 0.3 is 0 Å². The monoisotopic (exact) mass is 561 g/mol. The lowest BCUT2D eigenvalue weighted by Gasteiger charge is -2.13. The lowest BCUT2D eigenvalue weighted by molar-refractivity contribution is 1.08. The predicted octanol–water partition coefficient (Wildman–Crippen LogP) is 8.30. The third-order valence-corrected chi connectivity index (χ3v) is 6.74. The van der Waals surface area contributed by atoms with Gasteiger partial charge in [-0.1, -0.05) is 103 Å². The largest absolute Gasteiger partial charge is 0.208 e. The maximum absolute atomic E-state index is 4.94. The molecule has 0 N–H and O–H groups in total. The molecule has 3 nitrogen and oxygen atoms in total. The van der Waals surface area contributed by atoms with E-state index < -0.39 is 0 Å². The van der Waals surface area contributed by atoms with E-state index in [-0.39, 0.29) is 0 Å². The highest BCUT2D eigenvalue weighted by molar-refractivity contribution is 14.1. The molecular weight excluding hydrogens is 541 g/mol. The number of nitrogens with zero attached hydrogens (tertiary/aromatic N) is 3. The van der Waals surface area contributed by atoms with Gasteiger partial charge in [-0.3, -0.25) is 0 Å². The summed E-state index contributed by atoms with van der Waals surface area (Å²) in [5.41, 5.74) is 5.31. The summed E-state index contributed by atoms with van der Waals surface area (Å²) in [6.45, 7) is 0. The van der Waals surface area contributed by atoms with Gasteiger partial charge in [-0.15, -0.1) is 0 Å². The van der Waals surface area contributed by atoms with Crippen LogP contribution >= 0.6 is 22.6 Å². The second-order valence-corrected chi connectivity index (χ2v) is 9.50. The highest BCUT2D eigenvalue weighted by atomic mass is 127. The fourth-order valence-corrected chi connectivity index (χ4v) is 4.66. The van der Waals surface area contributed by atoms with Gasteiger partial charge in [0.05, 0.1) is 0 Å². The number of rotatable bonds is 4. The maximum Gasteiger partial charge on any atom is 0.164 e. The Hall–Kier alpha value is -3.90. The second kappa shape index (κ2) is 9.39. The molecule has 0 unspecified atom stereocenters. The van der Waals surface area contributed by atoms with Gasteiger partial charge in [0, 0.05) is 20.3 Å². The molecule has 35 heavy (non-hydrogen) atoms. The zero-order chi connectivity index (χ0) is 23.6. The van der Waals surface area contributed by atoms with Crippen molar-refractivity contribution in [2.24, 2.45) is 0 Å². The fourth-order valence-electron chi connectivity index (χ4n) is 4.30. The van der Waals surface area contributed by atoms with Gasteiger partial charge in [0.25, 0.3) is 0 Å². The minimum absolute atomic E-state index is 0.667. The van der Waals surface area contributed by atoms with Crippen molar-refractivity contribution >= 4 is 33.4 Å². The second-order valence-electron chi connectivity index (χ2n) is 8.25. The Morgan fingerprint density at radius 3 is 1.40 bits per heavy atom. The molecule has 0 spiro atoms. The summed E-state index contributed by atoms with van der Waals surface area (Å²) in [6.07, 6.45) is 0. The summed E-state index contributed by atoms with van der Waals surface area (Å²) < 4.78 is 1.22. The minimum Gasteiger partial charge on any atom is -0.208 e. The molecule has 0 amide bonds. The van der Waals surface area contributed by atoms with Crippen LogP contribution in [-0.2, 0) is 0 Å². The molecule has 6 rings (SSSR count). The summed E-state index contributed by atoms with van der Waals surface area (Å²) in [6, 6.07) is 41.6. The van der Waals surface area contributed by atoms with E-state index in [1.54, 1.807) is 0 Å². The summed E-state index contributed by atoms with van der Waals surface area (Å²) in [5.74, 6) is 2.00. The minimum atomic E-state index is 0.667. The van der Waals surface area contributed by atoms with Crippen molar-refractivity contribution in [3.63, 3.8) is 0 Å². The zero-order valence-corrected chi connectivity index (χ0v) is 20.9. The molecule has 6 aromatic rings. The van der Waals surface area contributed by atoms with E-state index in [1.807, 2.05) is 60.7 Å². The summed E-state index contributed by atoms with van der Waals surface area (Å²) in [4.78, 5) is 14.7. The van der Waals surface area contributed by atoms with E-state index in [1.165, 1.54) is 20.1 Å². The normalized spacial score (nSPS) is 11.0. The smallest absolute Gasteiger partial charge is 0.164 e. The third kappa shape index (κ3) is 4.33. The Kier molecular flexibility index (Phi) is 5.80. The summed E-state index contributed by atoms with van der Waals surface area (Å²) >= 11 is 2.34. The Bertz CT molecular complexity index is 1570. The topological polar surface area (TPSA) is 38.7 Å². The predicted molar refractivity (Wildman–Crippen MR) is 152 cm³/mol. The average molecular weight is 561 g/mol. The number of fused-ring (bicyclic) bond motifs is 1. The molecule has 1 aromatic heterocycles. The van der Waals surface area contributed by atoms with Gasteiger partial charge in [-0.25, -0.2) is 15.0 Å². The highest BCUT2D eigenvalue weighted by Gasteiger charge is 2.15. The van der Waals surface area contributed by atoms with Crippen LogP contribution in [0.1, 0.15) is 0 Å².